The van der Waals surface area contributed by atoms with E-state index in [9.17, 15) is 0 Å². The quantitative estimate of drug-likeness (QED) is 0.343. The van der Waals surface area contributed by atoms with Gasteiger partial charge in [-0.3, -0.25) is 0 Å². The van der Waals surface area contributed by atoms with Gasteiger partial charge in [0.2, 0.25) is 0 Å². The molecule has 1 saturated heterocycles. The summed E-state index contributed by atoms with van der Waals surface area (Å²) in [7, 11) is 1.78. The summed E-state index contributed by atoms with van der Waals surface area (Å²) < 4.78 is 19.8. The average molecular weight is 455 g/mol. The van der Waals surface area contributed by atoms with Crippen LogP contribution in [0.2, 0.25) is 0 Å². The van der Waals surface area contributed by atoms with Gasteiger partial charge in [-0.1, -0.05) is 54.6 Å². The van der Waals surface area contributed by atoms with Crippen LogP contribution in [-0.2, 0) is 28.1 Å². The Morgan fingerprint density at radius 3 is 2.47 bits per heavy atom. The van der Waals surface area contributed by atoms with E-state index in [4.69, 9.17) is 14.2 Å². The van der Waals surface area contributed by atoms with Crippen molar-refractivity contribution in [3.63, 3.8) is 0 Å². The van der Waals surface area contributed by atoms with Gasteiger partial charge >= 0.3 is 0 Å². The van der Waals surface area contributed by atoms with Gasteiger partial charge in [0.15, 0.2) is 0 Å². The monoisotopic (exact) mass is 454 g/mol. The number of nitrogens with zero attached hydrogens (tertiary/aromatic N) is 2. The normalized spacial score (nSPS) is 15.2. The number of hydrogen-bond donors (Lipinski definition) is 0. The number of hydrogen-bond acceptors (Lipinski definition) is 4. The van der Waals surface area contributed by atoms with Crippen LogP contribution in [0, 0.1) is 0 Å². The second-order valence-corrected chi connectivity index (χ2v) is 8.67. The average Bonchev–Trinajstić information content (AvgIpc) is 3.37. The fraction of sp³-hybridized carbons (Fsp3) is 0.276. The van der Waals surface area contributed by atoms with Gasteiger partial charge in [-0.15, -0.1) is 0 Å². The van der Waals surface area contributed by atoms with Crippen molar-refractivity contribution in [2.45, 2.75) is 31.5 Å². The van der Waals surface area contributed by atoms with Crippen molar-refractivity contribution in [2.75, 3.05) is 20.3 Å². The molecule has 1 aromatic heterocycles. The molecule has 5 nitrogen and oxygen atoms in total. The van der Waals surface area contributed by atoms with Crippen LogP contribution in [0.3, 0.4) is 0 Å². The molecule has 0 radical (unpaired) electrons. The SMILES string of the molecule is COC1(c2cccc(OCc3ccc(-n4ccnc4Cc4ccccc4)cc3)c2)CCOCC1. The second-order valence-electron chi connectivity index (χ2n) is 8.67. The van der Waals surface area contributed by atoms with Crippen LogP contribution >= 0.6 is 0 Å². The number of ether oxygens (including phenoxy) is 3. The Morgan fingerprint density at radius 2 is 1.71 bits per heavy atom. The fourth-order valence-corrected chi connectivity index (χ4v) is 4.58. The van der Waals surface area contributed by atoms with Crippen LogP contribution in [0.1, 0.15) is 35.4 Å². The van der Waals surface area contributed by atoms with E-state index in [-0.39, 0.29) is 5.60 Å². The first-order valence-corrected chi connectivity index (χ1v) is 11.8. The molecular weight excluding hydrogens is 424 g/mol. The maximum atomic E-state index is 6.14. The molecule has 5 rings (SSSR count). The summed E-state index contributed by atoms with van der Waals surface area (Å²) in [6.07, 6.45) is 6.37. The molecule has 0 bridgehead atoms. The number of imidazole rings is 1. The number of benzene rings is 3. The highest BCUT2D eigenvalue weighted by Crippen LogP contribution is 2.36. The van der Waals surface area contributed by atoms with Gasteiger partial charge in [-0.05, 0) is 41.0 Å². The lowest BCUT2D eigenvalue weighted by Crippen LogP contribution is -2.35. The second kappa shape index (κ2) is 10.2. The van der Waals surface area contributed by atoms with Crippen molar-refractivity contribution < 1.29 is 14.2 Å². The van der Waals surface area contributed by atoms with Crippen molar-refractivity contribution in [1.82, 2.24) is 9.55 Å². The number of aromatic nitrogens is 2. The summed E-state index contributed by atoms with van der Waals surface area (Å²) in [5.41, 5.74) is 4.32. The summed E-state index contributed by atoms with van der Waals surface area (Å²) in [6, 6.07) is 27.1. The molecule has 4 aromatic rings. The number of rotatable bonds is 8. The Kier molecular flexibility index (Phi) is 6.74. The predicted molar refractivity (Wildman–Crippen MR) is 132 cm³/mol. The van der Waals surface area contributed by atoms with E-state index in [1.165, 1.54) is 5.56 Å². The molecule has 1 aliphatic rings. The zero-order valence-electron chi connectivity index (χ0n) is 19.5. The fourth-order valence-electron chi connectivity index (χ4n) is 4.58. The van der Waals surface area contributed by atoms with Crippen molar-refractivity contribution in [1.29, 1.82) is 0 Å². The van der Waals surface area contributed by atoms with E-state index in [0.717, 1.165) is 60.9 Å². The van der Waals surface area contributed by atoms with Gasteiger partial charge in [0.1, 0.15) is 18.2 Å². The Bertz CT molecular complexity index is 1200. The van der Waals surface area contributed by atoms with Crippen LogP contribution in [0.25, 0.3) is 5.69 Å². The van der Waals surface area contributed by atoms with E-state index in [0.29, 0.717) is 6.61 Å². The summed E-state index contributed by atoms with van der Waals surface area (Å²) >= 11 is 0. The lowest BCUT2D eigenvalue weighted by atomic mass is 9.86. The molecule has 0 saturated carbocycles. The highest BCUT2D eigenvalue weighted by molar-refractivity contribution is 5.37. The van der Waals surface area contributed by atoms with E-state index >= 15 is 0 Å². The van der Waals surface area contributed by atoms with Crippen molar-refractivity contribution in [2.24, 2.45) is 0 Å². The van der Waals surface area contributed by atoms with Gasteiger partial charge in [0.25, 0.3) is 0 Å². The minimum absolute atomic E-state index is 0.290. The van der Waals surface area contributed by atoms with Gasteiger partial charge in [-0.25, -0.2) is 4.98 Å². The lowest BCUT2D eigenvalue weighted by Gasteiger charge is -2.36. The predicted octanol–water partition coefficient (Wildman–Crippen LogP) is 5.69. The molecule has 0 atom stereocenters. The standard InChI is InChI=1S/C29H30N2O3/c1-32-29(14-18-33-19-15-29)25-8-5-9-27(21-25)34-22-24-10-12-26(13-11-24)31-17-16-30-28(31)20-23-6-3-2-4-7-23/h2-13,16-17,21H,14-15,18-20,22H2,1H3. The number of methoxy groups -OCH3 is 1. The van der Waals surface area contributed by atoms with Gasteiger partial charge in [0, 0.05) is 57.7 Å². The van der Waals surface area contributed by atoms with E-state index < -0.39 is 0 Å². The molecule has 0 aliphatic carbocycles. The molecule has 174 valence electrons. The molecule has 1 fully saturated rings. The maximum absolute atomic E-state index is 6.14. The molecule has 0 amide bonds. The summed E-state index contributed by atoms with van der Waals surface area (Å²) in [6.45, 7) is 1.94. The Balaban J connectivity index is 1.25. The first-order valence-electron chi connectivity index (χ1n) is 11.8. The molecule has 0 unspecified atom stereocenters. The minimum atomic E-state index is -0.290. The zero-order valence-corrected chi connectivity index (χ0v) is 19.5. The largest absolute Gasteiger partial charge is 0.489 e. The van der Waals surface area contributed by atoms with Crippen molar-refractivity contribution >= 4 is 0 Å². The first-order chi connectivity index (χ1) is 16.8. The molecule has 0 spiro atoms. The van der Waals surface area contributed by atoms with Gasteiger partial charge in [0.05, 0.1) is 5.60 Å². The maximum Gasteiger partial charge on any atom is 0.120 e. The molecule has 3 aromatic carbocycles. The lowest BCUT2D eigenvalue weighted by molar-refractivity contribution is -0.0948. The molecule has 1 aliphatic heterocycles. The van der Waals surface area contributed by atoms with E-state index in [1.807, 2.05) is 30.6 Å². The third kappa shape index (κ3) is 4.91. The molecule has 5 heteroatoms. The molecule has 0 N–H and O–H groups in total. The van der Waals surface area contributed by atoms with Crippen LogP contribution in [0.5, 0.6) is 5.75 Å². The highest BCUT2D eigenvalue weighted by Gasteiger charge is 2.34. The van der Waals surface area contributed by atoms with Crippen LogP contribution < -0.4 is 4.74 Å². The first kappa shape index (κ1) is 22.4. The van der Waals surface area contributed by atoms with Crippen LogP contribution in [0.4, 0.5) is 0 Å². The highest BCUT2D eigenvalue weighted by atomic mass is 16.5. The van der Waals surface area contributed by atoms with Gasteiger partial charge < -0.3 is 18.8 Å². The third-order valence-corrected chi connectivity index (χ3v) is 6.59. The van der Waals surface area contributed by atoms with Crippen LogP contribution in [0.15, 0.2) is 91.3 Å². The zero-order chi connectivity index (χ0) is 23.2. The van der Waals surface area contributed by atoms with Crippen LogP contribution in [-0.4, -0.2) is 29.9 Å². The summed E-state index contributed by atoms with van der Waals surface area (Å²) in [5, 5.41) is 0. The smallest absolute Gasteiger partial charge is 0.120 e. The Morgan fingerprint density at radius 1 is 0.912 bits per heavy atom. The molecular formula is C29H30N2O3. The van der Waals surface area contributed by atoms with Crippen molar-refractivity contribution in [3.8, 4) is 11.4 Å². The summed E-state index contributed by atoms with van der Waals surface area (Å²) in [4.78, 5) is 4.57. The van der Waals surface area contributed by atoms with Crippen molar-refractivity contribution in [3.05, 3.63) is 114 Å². The van der Waals surface area contributed by atoms with Gasteiger partial charge in [-0.2, -0.15) is 0 Å². The molecule has 2 heterocycles. The Labute approximate surface area is 200 Å². The van der Waals surface area contributed by atoms with E-state index in [2.05, 4.69) is 70.2 Å². The Hall–Kier alpha value is -3.41. The molecule has 34 heavy (non-hydrogen) atoms. The summed E-state index contributed by atoms with van der Waals surface area (Å²) in [5.74, 6) is 1.87. The van der Waals surface area contributed by atoms with E-state index in [1.54, 1.807) is 7.11 Å². The minimum Gasteiger partial charge on any atom is -0.489 e. The topological polar surface area (TPSA) is 45.5 Å². The third-order valence-electron chi connectivity index (χ3n) is 6.59.